The van der Waals surface area contributed by atoms with E-state index in [4.69, 9.17) is 0 Å². The van der Waals surface area contributed by atoms with Crippen LogP contribution >= 0.6 is 22.6 Å². The third-order valence-electron chi connectivity index (χ3n) is 0.852. The van der Waals surface area contributed by atoms with Crippen LogP contribution in [0.3, 0.4) is 0 Å². The Hall–Kier alpha value is 0.730. The molecule has 1 radical (unpaired) electrons. The van der Waals surface area contributed by atoms with Crippen molar-refractivity contribution in [3.05, 3.63) is 6.92 Å². The van der Waals surface area contributed by atoms with Crippen LogP contribution in [0, 0.1) is 6.92 Å². The number of hydrogen-bond donors (Lipinski definition) is 0. The van der Waals surface area contributed by atoms with Crippen LogP contribution < -0.4 is 0 Å². The molecular weight excluding hydrogens is 199 g/mol. The molecule has 0 amide bonds. The van der Waals surface area contributed by atoms with Gasteiger partial charge in [-0.2, -0.15) is 0 Å². The van der Waals surface area contributed by atoms with Gasteiger partial charge in [0.2, 0.25) is 0 Å². The molecule has 0 aromatic carbocycles. The molecule has 0 bridgehead atoms. The second-order valence-electron chi connectivity index (χ2n) is 1.78. The van der Waals surface area contributed by atoms with Gasteiger partial charge in [-0.3, -0.25) is 0 Å². The van der Waals surface area contributed by atoms with Crippen LogP contribution in [0.5, 0.6) is 0 Å². The molecule has 0 saturated carbocycles. The molecule has 0 aromatic rings. The molecule has 0 rings (SSSR count). The highest BCUT2D eigenvalue weighted by molar-refractivity contribution is 14.1. The van der Waals surface area contributed by atoms with Crippen LogP contribution in [0.25, 0.3) is 0 Å². The average molecular weight is 211 g/mol. The molecule has 0 aliphatic rings. The number of alkyl halides is 1. The van der Waals surface area contributed by atoms with E-state index in [1.165, 1.54) is 12.8 Å². The van der Waals surface area contributed by atoms with E-state index in [9.17, 15) is 0 Å². The van der Waals surface area contributed by atoms with Gasteiger partial charge in [0.15, 0.2) is 0 Å². The molecule has 0 nitrogen and oxygen atoms in total. The highest BCUT2D eigenvalue weighted by atomic mass is 127. The summed E-state index contributed by atoms with van der Waals surface area (Å²) in [6, 6.07) is 0. The van der Waals surface area contributed by atoms with Gasteiger partial charge in [-0.25, -0.2) is 0 Å². The van der Waals surface area contributed by atoms with Crippen LogP contribution in [-0.4, -0.2) is 3.92 Å². The lowest BCUT2D eigenvalue weighted by molar-refractivity contribution is 0.756. The van der Waals surface area contributed by atoms with Crippen LogP contribution in [-0.2, 0) is 0 Å². The largest absolute Gasteiger partial charge is 0.0829 e. The van der Waals surface area contributed by atoms with Gasteiger partial charge in [0.05, 0.1) is 0 Å². The van der Waals surface area contributed by atoms with Crippen molar-refractivity contribution in [2.75, 3.05) is 0 Å². The minimum Gasteiger partial charge on any atom is -0.0829 e. The minimum absolute atomic E-state index is 0.833. The zero-order valence-corrected chi connectivity index (χ0v) is 6.94. The maximum Gasteiger partial charge on any atom is 0.00813 e. The molecule has 0 spiro atoms. The lowest BCUT2D eigenvalue weighted by Gasteiger charge is -1.96. The van der Waals surface area contributed by atoms with Gasteiger partial charge in [0.1, 0.15) is 0 Å². The lowest BCUT2D eigenvalue weighted by atomic mass is 10.2. The maximum absolute atomic E-state index is 3.75. The van der Waals surface area contributed by atoms with Gasteiger partial charge in [0, 0.05) is 3.92 Å². The SMILES string of the molecule is [CH2]CCCC(C)I. The van der Waals surface area contributed by atoms with Gasteiger partial charge in [-0.15, -0.1) is 0 Å². The van der Waals surface area contributed by atoms with Crippen LogP contribution in [0.4, 0.5) is 0 Å². The van der Waals surface area contributed by atoms with Crippen molar-refractivity contribution in [1.82, 2.24) is 0 Å². The Bertz CT molecular complexity index is 33.2. The van der Waals surface area contributed by atoms with Gasteiger partial charge >= 0.3 is 0 Å². The zero-order chi connectivity index (χ0) is 5.70. The number of rotatable bonds is 3. The number of hydrogen-bond acceptors (Lipinski definition) is 0. The van der Waals surface area contributed by atoms with E-state index >= 15 is 0 Å². The monoisotopic (exact) mass is 211 g/mol. The Morgan fingerprint density at radius 1 is 1.71 bits per heavy atom. The first-order chi connectivity index (χ1) is 3.27. The van der Waals surface area contributed by atoms with Crippen molar-refractivity contribution in [2.24, 2.45) is 0 Å². The normalized spacial score (nSPS) is 14.1. The zero-order valence-electron chi connectivity index (χ0n) is 4.78. The smallest absolute Gasteiger partial charge is 0.00813 e. The summed E-state index contributed by atoms with van der Waals surface area (Å²) in [6.07, 6.45) is 3.70. The molecule has 0 aliphatic heterocycles. The quantitative estimate of drug-likeness (QED) is 0.497. The van der Waals surface area contributed by atoms with Crippen molar-refractivity contribution >= 4 is 22.6 Å². The molecule has 0 saturated heterocycles. The van der Waals surface area contributed by atoms with Gasteiger partial charge in [-0.05, 0) is 6.42 Å². The van der Waals surface area contributed by atoms with E-state index in [0.717, 1.165) is 10.3 Å². The van der Waals surface area contributed by atoms with E-state index in [2.05, 4.69) is 36.4 Å². The minimum atomic E-state index is 0.833. The van der Waals surface area contributed by atoms with Gasteiger partial charge < -0.3 is 0 Å². The third-order valence-corrected chi connectivity index (χ3v) is 1.47. The van der Waals surface area contributed by atoms with Gasteiger partial charge in [0.25, 0.3) is 0 Å². The second-order valence-corrected chi connectivity index (χ2v) is 3.90. The van der Waals surface area contributed by atoms with Crippen molar-refractivity contribution < 1.29 is 0 Å². The summed E-state index contributed by atoms with van der Waals surface area (Å²) in [6.45, 7) is 5.99. The van der Waals surface area contributed by atoms with Crippen molar-refractivity contribution in [1.29, 1.82) is 0 Å². The fourth-order valence-corrected chi connectivity index (χ4v) is 0.866. The summed E-state index contributed by atoms with van der Waals surface area (Å²) in [5.74, 6) is 0. The molecule has 1 atom stereocenters. The van der Waals surface area contributed by atoms with Crippen LogP contribution in [0.2, 0.25) is 0 Å². The maximum atomic E-state index is 3.75. The predicted molar refractivity (Wildman–Crippen MR) is 42.7 cm³/mol. The Kier molecular flexibility index (Phi) is 5.39. The van der Waals surface area contributed by atoms with Crippen LogP contribution in [0.15, 0.2) is 0 Å². The first kappa shape index (κ1) is 7.73. The molecule has 1 unspecified atom stereocenters. The molecule has 7 heavy (non-hydrogen) atoms. The standard InChI is InChI=1S/C6H12I/c1-3-4-5-6(2)7/h6H,1,3-5H2,2H3. The summed E-state index contributed by atoms with van der Waals surface area (Å²) < 4.78 is 0.833. The Morgan fingerprint density at radius 2 is 2.29 bits per heavy atom. The lowest BCUT2D eigenvalue weighted by Crippen LogP contribution is -1.86. The summed E-state index contributed by atoms with van der Waals surface area (Å²) in [7, 11) is 0. The molecular formula is C6H12I. The summed E-state index contributed by atoms with van der Waals surface area (Å²) in [5.41, 5.74) is 0. The molecule has 0 fully saturated rings. The Labute approximate surface area is 59.8 Å². The Balaban J connectivity index is 2.68. The first-order valence-electron chi connectivity index (χ1n) is 2.70. The topological polar surface area (TPSA) is 0 Å². The fraction of sp³-hybridized carbons (Fsp3) is 0.833. The molecule has 0 N–H and O–H groups in total. The van der Waals surface area contributed by atoms with E-state index in [-0.39, 0.29) is 0 Å². The van der Waals surface area contributed by atoms with Crippen molar-refractivity contribution in [2.45, 2.75) is 30.1 Å². The van der Waals surface area contributed by atoms with Gasteiger partial charge in [-0.1, -0.05) is 49.3 Å². The van der Waals surface area contributed by atoms with Crippen molar-refractivity contribution in [3.8, 4) is 0 Å². The molecule has 0 aromatic heterocycles. The average Bonchev–Trinajstić information content (AvgIpc) is 1.61. The molecule has 0 aliphatic carbocycles. The van der Waals surface area contributed by atoms with E-state index in [0.29, 0.717) is 0 Å². The summed E-state index contributed by atoms with van der Waals surface area (Å²) >= 11 is 2.44. The summed E-state index contributed by atoms with van der Waals surface area (Å²) in [5, 5.41) is 0. The molecule has 1 heteroatoms. The highest BCUT2D eigenvalue weighted by Gasteiger charge is 1.90. The van der Waals surface area contributed by atoms with Crippen LogP contribution in [0.1, 0.15) is 26.2 Å². The fourth-order valence-electron chi connectivity index (χ4n) is 0.426. The summed E-state index contributed by atoms with van der Waals surface area (Å²) in [4.78, 5) is 0. The first-order valence-corrected chi connectivity index (χ1v) is 3.95. The predicted octanol–water partition coefficient (Wildman–Crippen LogP) is 2.81. The third kappa shape index (κ3) is 6.73. The molecule has 0 heterocycles. The Morgan fingerprint density at radius 3 is 2.43 bits per heavy atom. The second kappa shape index (κ2) is 4.88. The van der Waals surface area contributed by atoms with E-state index < -0.39 is 0 Å². The van der Waals surface area contributed by atoms with E-state index in [1.54, 1.807) is 0 Å². The van der Waals surface area contributed by atoms with Crippen molar-refractivity contribution in [3.63, 3.8) is 0 Å². The van der Waals surface area contributed by atoms with E-state index in [1.807, 2.05) is 0 Å². The molecule has 43 valence electrons. The number of unbranched alkanes of at least 4 members (excludes halogenated alkanes) is 1. The highest BCUT2D eigenvalue weighted by Crippen LogP contribution is 2.07. The number of halogens is 1.